The average molecular weight is 343 g/mol. The van der Waals surface area contributed by atoms with Crippen molar-refractivity contribution in [2.75, 3.05) is 20.8 Å². The van der Waals surface area contributed by atoms with Crippen LogP contribution in [0.25, 0.3) is 10.2 Å². The Morgan fingerprint density at radius 3 is 2.36 bits per heavy atom. The fourth-order valence-electron chi connectivity index (χ4n) is 1.73. The molecule has 1 aromatic heterocycles. The molecule has 124 valence electrons. The van der Waals surface area contributed by atoms with E-state index in [0.717, 1.165) is 28.3 Å². The Balaban J connectivity index is 0.000000239. The third-order valence-electron chi connectivity index (χ3n) is 3.04. The highest BCUT2D eigenvalue weighted by molar-refractivity contribution is 7.77. The van der Waals surface area contributed by atoms with Gasteiger partial charge in [-0.25, -0.2) is 9.29 Å². The minimum atomic E-state index is 0.207. The Morgan fingerprint density at radius 2 is 1.91 bits per heavy atom. The van der Waals surface area contributed by atoms with Crippen molar-refractivity contribution in [3.05, 3.63) is 17.6 Å². The smallest absolute Gasteiger partial charge is 0.149 e. The van der Waals surface area contributed by atoms with E-state index < -0.39 is 0 Å². The monoisotopic (exact) mass is 342 g/mol. The molecule has 0 aliphatic carbocycles. The van der Waals surface area contributed by atoms with Gasteiger partial charge in [-0.2, -0.15) is 0 Å². The van der Waals surface area contributed by atoms with Crippen molar-refractivity contribution < 1.29 is 9.47 Å². The van der Waals surface area contributed by atoms with E-state index in [1.807, 2.05) is 12.1 Å². The van der Waals surface area contributed by atoms with Crippen molar-refractivity contribution >= 4 is 34.4 Å². The predicted molar refractivity (Wildman–Crippen MR) is 98.5 cm³/mol. The zero-order valence-electron chi connectivity index (χ0n) is 14.2. The van der Waals surface area contributed by atoms with Gasteiger partial charge in [0.15, 0.2) is 0 Å². The van der Waals surface area contributed by atoms with Gasteiger partial charge >= 0.3 is 0 Å². The zero-order chi connectivity index (χ0) is 16.8. The summed E-state index contributed by atoms with van der Waals surface area (Å²) in [6.45, 7) is 9.71. The lowest BCUT2D eigenvalue weighted by Gasteiger charge is -2.29. The molecule has 2 aromatic rings. The molecule has 0 aliphatic rings. The van der Waals surface area contributed by atoms with E-state index in [1.54, 1.807) is 31.1 Å². The Kier molecular flexibility index (Phi) is 7.45. The number of thiol groups is 1. The first kappa shape index (κ1) is 19.1. The number of fused-ring (bicyclic) bond motifs is 1. The molecule has 0 bridgehead atoms. The number of hydrogen-bond acceptors (Lipinski definition) is 6. The maximum absolute atomic E-state index is 5.19. The lowest BCUT2D eigenvalue weighted by Crippen LogP contribution is -2.34. The number of ether oxygens (including phenoxy) is 2. The van der Waals surface area contributed by atoms with Gasteiger partial charge in [0.1, 0.15) is 17.0 Å². The number of hydrogen-bond donors (Lipinski definition) is 1. The topological polar surface area (TPSA) is 34.6 Å². The molecule has 0 spiro atoms. The molecule has 4 nitrogen and oxygen atoms in total. The van der Waals surface area contributed by atoms with Gasteiger partial charge in [0.2, 0.25) is 0 Å². The summed E-state index contributed by atoms with van der Waals surface area (Å²) in [6.07, 6.45) is 1.17. The Hall–Kier alpha value is -0.980. The van der Waals surface area contributed by atoms with E-state index in [4.69, 9.17) is 9.47 Å². The highest BCUT2D eigenvalue weighted by atomic mass is 32.1. The lowest BCUT2D eigenvalue weighted by molar-refractivity contribution is 0.278. The summed E-state index contributed by atoms with van der Waals surface area (Å²) in [4.78, 5) is 4.20. The number of benzene rings is 1. The van der Waals surface area contributed by atoms with Crippen molar-refractivity contribution in [3.63, 3.8) is 0 Å². The van der Waals surface area contributed by atoms with Crippen LogP contribution in [0.15, 0.2) is 17.6 Å². The number of thiazole rings is 1. The molecule has 1 aromatic carbocycles. The third kappa shape index (κ3) is 5.34. The maximum atomic E-state index is 5.19. The van der Waals surface area contributed by atoms with E-state index in [0.29, 0.717) is 0 Å². The Bertz CT molecular complexity index is 579. The van der Waals surface area contributed by atoms with Crippen LogP contribution in [0.1, 0.15) is 34.1 Å². The van der Waals surface area contributed by atoms with Crippen LogP contribution in [0, 0.1) is 0 Å². The van der Waals surface area contributed by atoms with Crippen LogP contribution in [-0.4, -0.2) is 35.6 Å². The van der Waals surface area contributed by atoms with Crippen LogP contribution in [-0.2, 0) is 0 Å². The quantitative estimate of drug-likeness (QED) is 0.820. The second-order valence-electron chi connectivity index (χ2n) is 5.82. The van der Waals surface area contributed by atoms with Gasteiger partial charge in [-0.3, -0.25) is 0 Å². The summed E-state index contributed by atoms with van der Waals surface area (Å²) in [5.74, 6) is 1.56. The van der Waals surface area contributed by atoms with Crippen LogP contribution in [0.5, 0.6) is 11.5 Å². The van der Waals surface area contributed by atoms with Crippen LogP contribution in [0.2, 0.25) is 0 Å². The normalized spacial score (nSPS) is 11.3. The highest BCUT2D eigenvalue weighted by Gasteiger charge is 2.15. The summed E-state index contributed by atoms with van der Waals surface area (Å²) in [7, 11) is 3.27. The fraction of sp³-hybridized carbons (Fsp3) is 0.562. The van der Waals surface area contributed by atoms with Gasteiger partial charge in [0.25, 0.3) is 0 Å². The molecule has 22 heavy (non-hydrogen) atoms. The number of aromatic nitrogens is 1. The summed E-state index contributed by atoms with van der Waals surface area (Å²) in [5.41, 5.74) is 2.90. The molecular weight excluding hydrogens is 316 g/mol. The predicted octanol–water partition coefficient (Wildman–Crippen LogP) is 4.66. The third-order valence-corrected chi connectivity index (χ3v) is 4.62. The lowest BCUT2D eigenvalue weighted by atomic mass is 10.1. The van der Waals surface area contributed by atoms with E-state index in [1.165, 1.54) is 6.42 Å². The van der Waals surface area contributed by atoms with E-state index in [9.17, 15) is 0 Å². The molecule has 0 unspecified atom stereocenters. The first-order chi connectivity index (χ1) is 10.3. The minimum Gasteiger partial charge on any atom is -0.497 e. The largest absolute Gasteiger partial charge is 0.497 e. The second-order valence-corrected chi connectivity index (χ2v) is 7.19. The van der Waals surface area contributed by atoms with Crippen LogP contribution < -0.4 is 9.47 Å². The van der Waals surface area contributed by atoms with Crippen LogP contribution in [0.3, 0.4) is 0 Å². The number of nitrogens with zero attached hydrogens (tertiary/aromatic N) is 2. The molecule has 2 rings (SSSR count). The van der Waals surface area contributed by atoms with Gasteiger partial charge in [-0.1, -0.05) is 19.7 Å². The molecule has 6 heteroatoms. The number of methoxy groups -OCH3 is 2. The van der Waals surface area contributed by atoms with E-state index in [2.05, 4.69) is 49.8 Å². The summed E-state index contributed by atoms with van der Waals surface area (Å²) < 4.78 is 13.5. The van der Waals surface area contributed by atoms with Crippen LogP contribution in [0.4, 0.5) is 0 Å². The molecule has 0 radical (unpaired) electrons. The molecule has 0 aliphatic heterocycles. The average Bonchev–Trinajstić information content (AvgIpc) is 2.94. The van der Waals surface area contributed by atoms with Gasteiger partial charge in [-0.15, -0.1) is 11.3 Å². The van der Waals surface area contributed by atoms with Crippen LogP contribution >= 0.6 is 24.2 Å². The highest BCUT2D eigenvalue weighted by Crippen LogP contribution is 2.32. The molecule has 0 saturated heterocycles. The van der Waals surface area contributed by atoms with Gasteiger partial charge in [0.05, 0.1) is 24.4 Å². The standard InChI is InChI=1S/C9H9NO2S.C7H17NS/c1-11-6-3-7(12-2)9-8(4-6)13-5-10-9;1-5-6-8(9)7(2,3)4/h3-5H,1-2H3;9H,5-6H2,1-4H3. The number of rotatable bonds is 4. The Labute approximate surface area is 143 Å². The van der Waals surface area contributed by atoms with Crippen molar-refractivity contribution in [1.29, 1.82) is 0 Å². The Morgan fingerprint density at radius 1 is 1.23 bits per heavy atom. The van der Waals surface area contributed by atoms with Gasteiger partial charge < -0.3 is 9.47 Å². The van der Waals surface area contributed by atoms with Crippen molar-refractivity contribution in [3.8, 4) is 11.5 Å². The molecule has 1 heterocycles. The van der Waals surface area contributed by atoms with Crippen molar-refractivity contribution in [1.82, 2.24) is 9.29 Å². The van der Waals surface area contributed by atoms with E-state index >= 15 is 0 Å². The second kappa shape index (κ2) is 8.60. The molecular formula is C16H26N2O2S2. The summed E-state index contributed by atoms with van der Waals surface area (Å²) >= 11 is 5.90. The summed E-state index contributed by atoms with van der Waals surface area (Å²) in [6, 6.07) is 3.79. The van der Waals surface area contributed by atoms with Crippen molar-refractivity contribution in [2.24, 2.45) is 0 Å². The zero-order valence-corrected chi connectivity index (χ0v) is 15.9. The van der Waals surface area contributed by atoms with E-state index in [-0.39, 0.29) is 5.54 Å². The fourth-order valence-corrected chi connectivity index (χ4v) is 2.65. The van der Waals surface area contributed by atoms with Gasteiger partial charge in [-0.05, 0) is 33.3 Å². The molecule has 0 fully saturated rings. The first-order valence-corrected chi connectivity index (χ1v) is 8.53. The van der Waals surface area contributed by atoms with Gasteiger partial charge in [0, 0.05) is 18.2 Å². The molecule has 0 atom stereocenters. The molecule has 0 saturated carbocycles. The molecule has 0 N–H and O–H groups in total. The SMILES string of the molecule is CCCN(S)C(C)(C)C.COc1cc(OC)c2ncsc2c1. The molecule has 0 amide bonds. The maximum Gasteiger partial charge on any atom is 0.149 e. The summed E-state index contributed by atoms with van der Waals surface area (Å²) in [5, 5.41) is 0. The van der Waals surface area contributed by atoms with Crippen molar-refractivity contribution in [2.45, 2.75) is 39.7 Å². The first-order valence-electron chi connectivity index (χ1n) is 7.25. The minimum absolute atomic E-state index is 0.207.